The van der Waals surface area contributed by atoms with E-state index in [9.17, 15) is 4.79 Å². The van der Waals surface area contributed by atoms with Crippen LogP contribution in [0.2, 0.25) is 5.02 Å². The number of unbranched alkanes of at least 4 members (excludes halogenated alkanes) is 1. The summed E-state index contributed by atoms with van der Waals surface area (Å²) in [6.45, 7) is 2.99. The van der Waals surface area contributed by atoms with Crippen LogP contribution in [0.5, 0.6) is 5.75 Å². The van der Waals surface area contributed by atoms with Crippen LogP contribution >= 0.6 is 11.6 Å². The summed E-state index contributed by atoms with van der Waals surface area (Å²) in [6.07, 6.45) is 10.2. The lowest BCUT2D eigenvalue weighted by Gasteiger charge is -2.22. The Labute approximate surface area is 229 Å². The zero-order valence-electron chi connectivity index (χ0n) is 21.8. The van der Waals surface area contributed by atoms with Crippen LogP contribution in [-0.4, -0.2) is 23.8 Å². The zero-order chi connectivity index (χ0) is 26.5. The molecule has 200 valence electrons. The van der Waals surface area contributed by atoms with E-state index in [0.717, 1.165) is 72.9 Å². The first-order valence-electron chi connectivity index (χ1n) is 13.5. The highest BCUT2D eigenvalue weighted by atomic mass is 35.5. The third-order valence-electron chi connectivity index (χ3n) is 7.43. The first kappa shape index (κ1) is 26.5. The fourth-order valence-electron chi connectivity index (χ4n) is 4.87. The van der Waals surface area contributed by atoms with Crippen molar-refractivity contribution in [1.82, 2.24) is 4.98 Å². The molecule has 2 aliphatic carbocycles. The first-order chi connectivity index (χ1) is 18.4. The van der Waals surface area contributed by atoms with Gasteiger partial charge in [-0.2, -0.15) is 0 Å². The second-order valence-corrected chi connectivity index (χ2v) is 10.8. The summed E-state index contributed by atoms with van der Waals surface area (Å²) >= 11 is 6.60. The standard InChI is InChI=1S/C31H35ClN2O4/c1-21(6-4-5-17-36-30(33)35)22-9-12-28(32)23(18-22)20-37-31(14-15-31)27-19-34-16-13-25(27)26-7-2-3-8-29(26)38-24-10-11-24/h2-3,7-9,12-13,16,18-19,21,24H,4-6,10-11,14-15,17,20H2,1H3,(H2,33,35). The molecule has 0 aliphatic heterocycles. The van der Waals surface area contributed by atoms with E-state index in [4.69, 9.17) is 31.5 Å². The van der Waals surface area contributed by atoms with E-state index in [1.54, 1.807) is 0 Å². The molecule has 7 heteroatoms. The lowest BCUT2D eigenvalue weighted by Crippen LogP contribution is -2.14. The Balaban J connectivity index is 1.28. The molecule has 6 nitrogen and oxygen atoms in total. The summed E-state index contributed by atoms with van der Waals surface area (Å²) < 4.78 is 17.7. The van der Waals surface area contributed by atoms with Crippen LogP contribution in [-0.2, 0) is 21.7 Å². The van der Waals surface area contributed by atoms with Crippen molar-refractivity contribution in [3.05, 3.63) is 82.6 Å². The number of carbonyl (C=O) groups is 1. The molecule has 0 saturated heterocycles. The van der Waals surface area contributed by atoms with Crippen molar-refractivity contribution in [2.24, 2.45) is 5.73 Å². The highest BCUT2D eigenvalue weighted by Gasteiger charge is 2.47. The van der Waals surface area contributed by atoms with E-state index in [0.29, 0.717) is 30.3 Å². The number of rotatable bonds is 13. The number of halogens is 1. The van der Waals surface area contributed by atoms with Crippen molar-refractivity contribution in [3.63, 3.8) is 0 Å². The van der Waals surface area contributed by atoms with Gasteiger partial charge in [0.1, 0.15) is 5.75 Å². The Kier molecular flexibility index (Phi) is 8.20. The largest absolute Gasteiger partial charge is 0.490 e. The van der Waals surface area contributed by atoms with Crippen molar-refractivity contribution < 1.29 is 19.0 Å². The number of benzene rings is 2. The minimum atomic E-state index is -0.719. The second kappa shape index (κ2) is 11.7. The summed E-state index contributed by atoms with van der Waals surface area (Å²) in [5, 5.41) is 0.709. The normalized spacial score (nSPS) is 16.6. The average Bonchev–Trinajstić information content (AvgIpc) is 3.85. The van der Waals surface area contributed by atoms with Crippen LogP contribution in [0.25, 0.3) is 11.1 Å². The predicted molar refractivity (Wildman–Crippen MR) is 148 cm³/mol. The summed E-state index contributed by atoms with van der Waals surface area (Å²) in [6, 6.07) is 16.5. The number of hydrogen-bond acceptors (Lipinski definition) is 5. The van der Waals surface area contributed by atoms with Crippen molar-refractivity contribution in [3.8, 4) is 16.9 Å². The SMILES string of the molecule is CC(CCCCOC(N)=O)c1ccc(Cl)c(COC2(c3cnccc3-c3ccccc3OC3CC3)CC2)c1. The van der Waals surface area contributed by atoms with Gasteiger partial charge in [0.25, 0.3) is 0 Å². The maximum atomic E-state index is 10.7. The fraction of sp³-hybridized carbons (Fsp3) is 0.419. The molecule has 2 saturated carbocycles. The maximum absolute atomic E-state index is 10.7. The van der Waals surface area contributed by atoms with E-state index in [-0.39, 0.29) is 5.60 Å². The second-order valence-electron chi connectivity index (χ2n) is 10.4. The van der Waals surface area contributed by atoms with Gasteiger partial charge in [0.15, 0.2) is 0 Å². The van der Waals surface area contributed by atoms with Gasteiger partial charge in [-0.25, -0.2) is 4.79 Å². The van der Waals surface area contributed by atoms with Crippen LogP contribution in [0.1, 0.15) is 74.5 Å². The van der Waals surface area contributed by atoms with Gasteiger partial charge in [-0.15, -0.1) is 0 Å². The fourth-order valence-corrected chi connectivity index (χ4v) is 5.05. The van der Waals surface area contributed by atoms with Gasteiger partial charge in [0.2, 0.25) is 0 Å². The molecule has 2 fully saturated rings. The highest BCUT2D eigenvalue weighted by Crippen LogP contribution is 2.53. The summed E-state index contributed by atoms with van der Waals surface area (Å²) in [5.74, 6) is 1.27. The number of amides is 1. The number of nitrogens with zero attached hydrogens (tertiary/aromatic N) is 1. The first-order valence-corrected chi connectivity index (χ1v) is 13.9. The van der Waals surface area contributed by atoms with E-state index < -0.39 is 6.09 Å². The number of ether oxygens (including phenoxy) is 3. The Morgan fingerprint density at radius 2 is 1.95 bits per heavy atom. The molecule has 3 aromatic rings. The Morgan fingerprint density at radius 1 is 1.13 bits per heavy atom. The molecule has 1 heterocycles. The molecular formula is C31H35ClN2O4. The van der Waals surface area contributed by atoms with Crippen molar-refractivity contribution >= 4 is 17.7 Å². The van der Waals surface area contributed by atoms with Gasteiger partial charge in [-0.1, -0.05) is 48.9 Å². The Bertz CT molecular complexity index is 1270. The van der Waals surface area contributed by atoms with Gasteiger partial charge < -0.3 is 19.9 Å². The highest BCUT2D eigenvalue weighted by molar-refractivity contribution is 6.31. The average molecular weight is 535 g/mol. The van der Waals surface area contributed by atoms with E-state index in [2.05, 4.69) is 48.3 Å². The van der Waals surface area contributed by atoms with Crippen molar-refractivity contribution in [2.75, 3.05) is 6.61 Å². The number of primary amides is 1. The van der Waals surface area contributed by atoms with Crippen molar-refractivity contribution in [1.29, 1.82) is 0 Å². The monoisotopic (exact) mass is 534 g/mol. The van der Waals surface area contributed by atoms with E-state index in [1.165, 1.54) is 5.56 Å². The number of para-hydroxylation sites is 1. The lowest BCUT2D eigenvalue weighted by molar-refractivity contribution is 0.0173. The predicted octanol–water partition coefficient (Wildman–Crippen LogP) is 7.52. The summed E-state index contributed by atoms with van der Waals surface area (Å²) in [7, 11) is 0. The number of pyridine rings is 1. The number of carbonyl (C=O) groups excluding carboxylic acids is 1. The molecule has 1 amide bonds. The summed E-state index contributed by atoms with van der Waals surface area (Å²) in [5.41, 5.74) is 10.2. The molecule has 5 rings (SSSR count). The minimum absolute atomic E-state index is 0.327. The number of hydrogen-bond donors (Lipinski definition) is 1. The molecule has 0 spiro atoms. The third-order valence-corrected chi connectivity index (χ3v) is 7.80. The lowest BCUT2D eigenvalue weighted by atomic mass is 9.94. The molecule has 1 atom stereocenters. The zero-order valence-corrected chi connectivity index (χ0v) is 22.6. The quantitative estimate of drug-likeness (QED) is 0.229. The van der Waals surface area contributed by atoms with Gasteiger partial charge in [-0.05, 0) is 85.8 Å². The molecule has 2 aliphatic rings. The molecular weight excluding hydrogens is 500 g/mol. The third kappa shape index (κ3) is 6.48. The van der Waals surface area contributed by atoms with Crippen molar-refractivity contribution in [2.45, 2.75) is 76.1 Å². The molecule has 2 N–H and O–H groups in total. The maximum Gasteiger partial charge on any atom is 0.404 e. The van der Waals surface area contributed by atoms with Gasteiger partial charge in [0, 0.05) is 28.5 Å². The van der Waals surface area contributed by atoms with Crippen LogP contribution in [0, 0.1) is 0 Å². The van der Waals surface area contributed by atoms with Crippen LogP contribution in [0.4, 0.5) is 4.79 Å². The summed E-state index contributed by atoms with van der Waals surface area (Å²) in [4.78, 5) is 15.2. The molecule has 0 bridgehead atoms. The smallest absolute Gasteiger partial charge is 0.404 e. The number of nitrogens with two attached hydrogens (primary N) is 1. The van der Waals surface area contributed by atoms with Gasteiger partial charge in [0.05, 0.1) is 24.9 Å². The van der Waals surface area contributed by atoms with Gasteiger partial charge in [-0.3, -0.25) is 4.98 Å². The van der Waals surface area contributed by atoms with Gasteiger partial charge >= 0.3 is 6.09 Å². The molecule has 1 unspecified atom stereocenters. The molecule has 38 heavy (non-hydrogen) atoms. The van der Waals surface area contributed by atoms with E-state index >= 15 is 0 Å². The molecule has 1 aromatic heterocycles. The molecule has 0 radical (unpaired) electrons. The number of aromatic nitrogens is 1. The Hall–Kier alpha value is -3.09. The minimum Gasteiger partial charge on any atom is -0.490 e. The topological polar surface area (TPSA) is 83.7 Å². The Morgan fingerprint density at radius 3 is 2.71 bits per heavy atom. The molecule has 2 aromatic carbocycles. The van der Waals surface area contributed by atoms with Crippen LogP contribution < -0.4 is 10.5 Å². The van der Waals surface area contributed by atoms with E-state index in [1.807, 2.05) is 24.5 Å². The van der Waals surface area contributed by atoms with Crippen LogP contribution in [0.15, 0.2) is 60.9 Å². The van der Waals surface area contributed by atoms with Crippen LogP contribution in [0.3, 0.4) is 0 Å².